The summed E-state index contributed by atoms with van der Waals surface area (Å²) in [5.74, 6) is 0.773. The highest BCUT2D eigenvalue weighted by Gasteiger charge is 2.23. The monoisotopic (exact) mass is 171 g/mol. The molecule has 1 atom stereocenters. The Morgan fingerprint density at radius 2 is 2.15 bits per heavy atom. The third-order valence-electron chi connectivity index (χ3n) is 3.22. The van der Waals surface area contributed by atoms with E-state index in [2.05, 4.69) is 29.3 Å². The van der Waals surface area contributed by atoms with Gasteiger partial charge in [-0.1, -0.05) is 23.8 Å². The summed E-state index contributed by atoms with van der Waals surface area (Å²) in [6, 6.07) is 8.57. The Morgan fingerprint density at radius 3 is 3.15 bits per heavy atom. The second kappa shape index (κ2) is 2.69. The van der Waals surface area contributed by atoms with Crippen LogP contribution in [0.15, 0.2) is 29.3 Å². The summed E-state index contributed by atoms with van der Waals surface area (Å²) < 4.78 is 0. The van der Waals surface area contributed by atoms with Crippen LogP contribution in [-0.4, -0.2) is 6.54 Å². The van der Waals surface area contributed by atoms with Crippen molar-refractivity contribution in [3.63, 3.8) is 0 Å². The van der Waals surface area contributed by atoms with E-state index in [4.69, 9.17) is 0 Å². The SMILES string of the molecule is c1ccc2c(c1)=NCC1CCCC=21. The van der Waals surface area contributed by atoms with E-state index < -0.39 is 0 Å². The topological polar surface area (TPSA) is 12.4 Å². The maximum Gasteiger partial charge on any atom is 0.0646 e. The molecule has 0 amide bonds. The highest BCUT2D eigenvalue weighted by atomic mass is 14.7. The summed E-state index contributed by atoms with van der Waals surface area (Å²) in [7, 11) is 0. The summed E-state index contributed by atoms with van der Waals surface area (Å²) in [6.45, 7) is 1.03. The predicted octanol–water partition coefficient (Wildman–Crippen LogP) is 1.27. The first-order chi connectivity index (χ1) is 6.45. The third kappa shape index (κ3) is 1.03. The van der Waals surface area contributed by atoms with Gasteiger partial charge in [-0.15, -0.1) is 0 Å². The van der Waals surface area contributed by atoms with Crippen molar-refractivity contribution in [2.75, 3.05) is 6.54 Å². The summed E-state index contributed by atoms with van der Waals surface area (Å²) in [4.78, 5) is 4.61. The molecule has 1 heterocycles. The van der Waals surface area contributed by atoms with Gasteiger partial charge < -0.3 is 0 Å². The van der Waals surface area contributed by atoms with Gasteiger partial charge in [0.1, 0.15) is 0 Å². The Bertz CT molecular complexity index is 444. The van der Waals surface area contributed by atoms with Crippen LogP contribution in [0.1, 0.15) is 19.3 Å². The molecule has 1 saturated carbocycles. The minimum Gasteiger partial charge on any atom is -0.284 e. The van der Waals surface area contributed by atoms with Crippen molar-refractivity contribution in [2.24, 2.45) is 10.9 Å². The van der Waals surface area contributed by atoms with Crippen molar-refractivity contribution in [2.45, 2.75) is 19.3 Å². The lowest BCUT2D eigenvalue weighted by molar-refractivity contribution is 0.648. The van der Waals surface area contributed by atoms with Crippen LogP contribution in [-0.2, 0) is 0 Å². The molecule has 66 valence electrons. The molecule has 1 unspecified atom stereocenters. The van der Waals surface area contributed by atoms with E-state index in [0.717, 1.165) is 12.5 Å². The molecule has 0 radical (unpaired) electrons. The van der Waals surface area contributed by atoms with Gasteiger partial charge in [0.15, 0.2) is 0 Å². The van der Waals surface area contributed by atoms with Crippen molar-refractivity contribution in [1.82, 2.24) is 0 Å². The van der Waals surface area contributed by atoms with Crippen LogP contribution >= 0.6 is 0 Å². The fourth-order valence-electron chi connectivity index (χ4n) is 2.56. The van der Waals surface area contributed by atoms with Crippen molar-refractivity contribution >= 4 is 5.57 Å². The average molecular weight is 171 g/mol. The van der Waals surface area contributed by atoms with Crippen LogP contribution in [0.25, 0.3) is 5.57 Å². The van der Waals surface area contributed by atoms with Gasteiger partial charge in [0, 0.05) is 12.5 Å². The number of hydrogen-bond donors (Lipinski definition) is 0. The first kappa shape index (κ1) is 7.31. The minimum atomic E-state index is 0.773. The highest BCUT2D eigenvalue weighted by molar-refractivity contribution is 5.51. The summed E-state index contributed by atoms with van der Waals surface area (Å²) >= 11 is 0. The standard InChI is InChI=1S/C12H13N/c1-2-7-12-11(5-1)10-6-3-4-9(10)8-13-12/h1-2,5,7,9H,3-4,6,8H2. The number of benzene rings is 1. The van der Waals surface area contributed by atoms with E-state index in [1.807, 2.05) is 0 Å². The minimum absolute atomic E-state index is 0.773. The molecule has 0 bridgehead atoms. The zero-order valence-corrected chi connectivity index (χ0v) is 7.66. The Morgan fingerprint density at radius 1 is 1.23 bits per heavy atom. The molecule has 0 aromatic heterocycles. The molecule has 1 fully saturated rings. The Labute approximate surface area is 77.8 Å². The normalized spacial score (nSPS) is 24.9. The van der Waals surface area contributed by atoms with E-state index in [-0.39, 0.29) is 0 Å². The van der Waals surface area contributed by atoms with Crippen molar-refractivity contribution in [1.29, 1.82) is 0 Å². The van der Waals surface area contributed by atoms with Gasteiger partial charge in [0.25, 0.3) is 0 Å². The molecule has 0 spiro atoms. The fraction of sp³-hybridized carbons (Fsp3) is 0.417. The molecule has 1 nitrogen and oxygen atoms in total. The third-order valence-corrected chi connectivity index (χ3v) is 3.22. The molecule has 1 aromatic carbocycles. The summed E-state index contributed by atoms with van der Waals surface area (Å²) in [5.41, 5.74) is 1.67. The molecule has 1 heteroatoms. The number of nitrogens with zero attached hydrogens (tertiary/aromatic N) is 1. The average Bonchev–Trinajstić information content (AvgIpc) is 2.65. The molecular formula is C12H13N. The summed E-state index contributed by atoms with van der Waals surface area (Å²) in [5, 5.41) is 2.65. The van der Waals surface area contributed by atoms with E-state index >= 15 is 0 Å². The van der Waals surface area contributed by atoms with Crippen LogP contribution in [0.3, 0.4) is 0 Å². The van der Waals surface area contributed by atoms with Crippen LogP contribution in [0, 0.1) is 5.92 Å². The number of para-hydroxylation sites is 1. The quantitative estimate of drug-likeness (QED) is 0.557. The lowest BCUT2D eigenvalue weighted by atomic mass is 9.98. The molecule has 13 heavy (non-hydrogen) atoms. The van der Waals surface area contributed by atoms with Gasteiger partial charge in [-0.05, 0) is 30.5 Å². The second-order valence-corrected chi connectivity index (χ2v) is 3.97. The predicted molar refractivity (Wildman–Crippen MR) is 52.8 cm³/mol. The first-order valence-electron chi connectivity index (χ1n) is 5.08. The number of fused-ring (bicyclic) bond motifs is 2. The lowest BCUT2D eigenvalue weighted by Crippen LogP contribution is -2.33. The van der Waals surface area contributed by atoms with Gasteiger partial charge in [0.2, 0.25) is 0 Å². The molecule has 2 aliphatic rings. The molecular weight excluding hydrogens is 158 g/mol. The molecule has 0 saturated heterocycles. The van der Waals surface area contributed by atoms with Crippen molar-refractivity contribution in [3.8, 4) is 0 Å². The van der Waals surface area contributed by atoms with Crippen LogP contribution in [0.5, 0.6) is 0 Å². The van der Waals surface area contributed by atoms with E-state index in [1.165, 1.54) is 29.8 Å². The van der Waals surface area contributed by atoms with Crippen molar-refractivity contribution in [3.05, 3.63) is 34.8 Å². The zero-order chi connectivity index (χ0) is 8.67. The molecule has 1 aromatic rings. The van der Waals surface area contributed by atoms with Crippen molar-refractivity contribution < 1.29 is 0 Å². The second-order valence-electron chi connectivity index (χ2n) is 3.97. The Hall–Kier alpha value is -1.11. The van der Waals surface area contributed by atoms with Gasteiger partial charge in [-0.25, -0.2) is 0 Å². The van der Waals surface area contributed by atoms with Gasteiger partial charge in [-0.3, -0.25) is 4.99 Å². The molecule has 1 aliphatic carbocycles. The first-order valence-corrected chi connectivity index (χ1v) is 5.08. The van der Waals surface area contributed by atoms with Crippen LogP contribution < -0.4 is 10.6 Å². The Balaban J connectivity index is 2.38. The summed E-state index contributed by atoms with van der Waals surface area (Å²) in [6.07, 6.45) is 4.02. The van der Waals surface area contributed by atoms with Crippen LogP contribution in [0.2, 0.25) is 0 Å². The molecule has 3 rings (SSSR count). The Kier molecular flexibility index (Phi) is 1.51. The van der Waals surface area contributed by atoms with Gasteiger partial charge in [0.05, 0.1) is 5.36 Å². The fourth-order valence-corrected chi connectivity index (χ4v) is 2.56. The highest BCUT2D eigenvalue weighted by Crippen LogP contribution is 2.31. The molecule has 1 aliphatic heterocycles. The van der Waals surface area contributed by atoms with Gasteiger partial charge >= 0.3 is 0 Å². The van der Waals surface area contributed by atoms with E-state index in [9.17, 15) is 0 Å². The van der Waals surface area contributed by atoms with E-state index in [0.29, 0.717) is 0 Å². The maximum absolute atomic E-state index is 4.61. The largest absolute Gasteiger partial charge is 0.284 e. The smallest absolute Gasteiger partial charge is 0.0646 e. The lowest BCUT2D eigenvalue weighted by Gasteiger charge is -2.13. The zero-order valence-electron chi connectivity index (χ0n) is 7.66. The number of rotatable bonds is 0. The molecule has 0 N–H and O–H groups in total. The van der Waals surface area contributed by atoms with Crippen LogP contribution in [0.4, 0.5) is 0 Å². The maximum atomic E-state index is 4.61. The van der Waals surface area contributed by atoms with E-state index in [1.54, 1.807) is 5.57 Å². The number of hydrogen-bond acceptors (Lipinski definition) is 1. The van der Waals surface area contributed by atoms with Gasteiger partial charge in [-0.2, -0.15) is 0 Å².